The molecule has 0 saturated heterocycles. The first-order valence-electron chi connectivity index (χ1n) is 7.74. The number of benzene rings is 1. The standard InChI is InChI=1S/C17H25N3O3/c1-12(21)15(11-13-7-4-3-5-8-13)20-17(23)14(19-2)9-6-10-16(18)22/h3-5,7-8,14-15,19H,6,9-11H2,1-2H3,(H2,18,22)(H,20,23). The van der Waals surface area contributed by atoms with Crippen LogP contribution in [0.2, 0.25) is 0 Å². The molecule has 1 aromatic carbocycles. The average molecular weight is 319 g/mol. The molecule has 0 spiro atoms. The molecular formula is C17H25N3O3. The number of nitrogens with one attached hydrogen (secondary N) is 2. The van der Waals surface area contributed by atoms with Gasteiger partial charge in [0.05, 0.1) is 12.1 Å². The molecule has 1 rings (SSSR count). The smallest absolute Gasteiger partial charge is 0.237 e. The van der Waals surface area contributed by atoms with Crippen LogP contribution in [0.4, 0.5) is 0 Å². The highest BCUT2D eigenvalue weighted by Crippen LogP contribution is 2.06. The van der Waals surface area contributed by atoms with Crippen molar-refractivity contribution in [2.75, 3.05) is 7.05 Å². The van der Waals surface area contributed by atoms with Crippen molar-refractivity contribution in [2.24, 2.45) is 5.73 Å². The molecule has 2 amide bonds. The van der Waals surface area contributed by atoms with Gasteiger partial charge < -0.3 is 16.4 Å². The Morgan fingerprint density at radius 3 is 2.30 bits per heavy atom. The van der Waals surface area contributed by atoms with Crippen LogP contribution in [0.15, 0.2) is 30.3 Å². The first kappa shape index (κ1) is 18.8. The van der Waals surface area contributed by atoms with Crippen LogP contribution < -0.4 is 16.4 Å². The van der Waals surface area contributed by atoms with Gasteiger partial charge in [0.25, 0.3) is 0 Å². The lowest BCUT2D eigenvalue weighted by atomic mass is 10.0. The lowest BCUT2D eigenvalue weighted by Gasteiger charge is -2.21. The third kappa shape index (κ3) is 7.06. The minimum atomic E-state index is -0.558. The first-order valence-corrected chi connectivity index (χ1v) is 7.74. The Hall–Kier alpha value is -2.21. The molecule has 0 bridgehead atoms. The van der Waals surface area contributed by atoms with E-state index in [1.165, 1.54) is 6.92 Å². The summed E-state index contributed by atoms with van der Waals surface area (Å²) in [7, 11) is 1.68. The fourth-order valence-electron chi connectivity index (χ4n) is 2.31. The summed E-state index contributed by atoms with van der Waals surface area (Å²) in [6.45, 7) is 1.47. The Labute approximate surface area is 136 Å². The predicted molar refractivity (Wildman–Crippen MR) is 88.7 cm³/mol. The number of carbonyl (C=O) groups excluding carboxylic acids is 3. The van der Waals surface area contributed by atoms with Gasteiger partial charge in [-0.05, 0) is 38.8 Å². The number of likely N-dealkylation sites (N-methyl/N-ethyl adjacent to an activating group) is 1. The number of hydrogen-bond donors (Lipinski definition) is 3. The Kier molecular flexibility index (Phi) is 7.97. The minimum Gasteiger partial charge on any atom is -0.370 e. The molecule has 6 nitrogen and oxygen atoms in total. The monoisotopic (exact) mass is 319 g/mol. The second-order valence-corrected chi connectivity index (χ2v) is 5.56. The van der Waals surface area contributed by atoms with E-state index >= 15 is 0 Å². The van der Waals surface area contributed by atoms with Gasteiger partial charge in [0.1, 0.15) is 0 Å². The van der Waals surface area contributed by atoms with E-state index in [1.54, 1.807) is 7.05 Å². The Balaban J connectivity index is 2.61. The SMILES string of the molecule is CNC(CCCC(N)=O)C(=O)NC(Cc1ccccc1)C(C)=O. The quantitative estimate of drug-likeness (QED) is 0.586. The van der Waals surface area contributed by atoms with Crippen LogP contribution in [-0.2, 0) is 20.8 Å². The van der Waals surface area contributed by atoms with E-state index in [2.05, 4.69) is 10.6 Å². The molecule has 0 saturated carbocycles. The molecule has 0 radical (unpaired) electrons. The molecule has 2 unspecified atom stereocenters. The van der Waals surface area contributed by atoms with Crippen molar-refractivity contribution in [3.63, 3.8) is 0 Å². The third-order valence-corrected chi connectivity index (χ3v) is 3.67. The first-order chi connectivity index (χ1) is 10.9. The summed E-state index contributed by atoms with van der Waals surface area (Å²) in [6.07, 6.45) is 1.71. The summed E-state index contributed by atoms with van der Waals surface area (Å²) in [5.74, 6) is -0.715. The highest BCUT2D eigenvalue weighted by Gasteiger charge is 2.22. The maximum absolute atomic E-state index is 12.3. The molecule has 0 aliphatic carbocycles. The Morgan fingerprint density at radius 2 is 1.78 bits per heavy atom. The molecule has 6 heteroatoms. The highest BCUT2D eigenvalue weighted by atomic mass is 16.2. The molecular weight excluding hydrogens is 294 g/mol. The predicted octanol–water partition coefficient (Wildman–Crippen LogP) is 0.547. The summed E-state index contributed by atoms with van der Waals surface area (Å²) in [5.41, 5.74) is 6.09. The van der Waals surface area contributed by atoms with Crippen LogP contribution in [0.25, 0.3) is 0 Å². The van der Waals surface area contributed by atoms with Crippen LogP contribution in [0, 0.1) is 0 Å². The minimum absolute atomic E-state index is 0.0887. The molecule has 0 heterocycles. The van der Waals surface area contributed by atoms with Gasteiger partial charge in [-0.25, -0.2) is 0 Å². The largest absolute Gasteiger partial charge is 0.370 e. The van der Waals surface area contributed by atoms with Gasteiger partial charge in [0.15, 0.2) is 5.78 Å². The molecule has 2 atom stereocenters. The van der Waals surface area contributed by atoms with Crippen molar-refractivity contribution in [1.29, 1.82) is 0 Å². The number of amides is 2. The van der Waals surface area contributed by atoms with Crippen LogP contribution in [0.5, 0.6) is 0 Å². The maximum Gasteiger partial charge on any atom is 0.237 e. The van der Waals surface area contributed by atoms with Crippen molar-refractivity contribution in [1.82, 2.24) is 10.6 Å². The molecule has 23 heavy (non-hydrogen) atoms. The van der Waals surface area contributed by atoms with E-state index in [9.17, 15) is 14.4 Å². The van der Waals surface area contributed by atoms with Crippen LogP contribution >= 0.6 is 0 Å². The summed E-state index contributed by atoms with van der Waals surface area (Å²) < 4.78 is 0. The van der Waals surface area contributed by atoms with E-state index in [4.69, 9.17) is 5.73 Å². The number of ketones is 1. The average Bonchev–Trinajstić information content (AvgIpc) is 2.51. The number of carbonyl (C=O) groups is 3. The van der Waals surface area contributed by atoms with Gasteiger partial charge in [-0.15, -0.1) is 0 Å². The zero-order valence-electron chi connectivity index (χ0n) is 13.7. The van der Waals surface area contributed by atoms with Crippen molar-refractivity contribution in [3.05, 3.63) is 35.9 Å². The summed E-state index contributed by atoms with van der Waals surface area (Å²) in [5, 5.41) is 5.70. The molecule has 0 aliphatic heterocycles. The van der Waals surface area contributed by atoms with Gasteiger partial charge in [0.2, 0.25) is 11.8 Å². The van der Waals surface area contributed by atoms with Crippen LogP contribution in [0.3, 0.4) is 0 Å². The molecule has 4 N–H and O–H groups in total. The fraction of sp³-hybridized carbons (Fsp3) is 0.471. The van der Waals surface area contributed by atoms with Gasteiger partial charge in [-0.1, -0.05) is 30.3 Å². The number of rotatable bonds is 10. The van der Waals surface area contributed by atoms with Crippen molar-refractivity contribution in [2.45, 2.75) is 44.7 Å². The number of Topliss-reactive ketones (excluding diaryl/α,β-unsaturated/α-hetero) is 1. The van der Waals surface area contributed by atoms with E-state index in [1.807, 2.05) is 30.3 Å². The van der Waals surface area contributed by atoms with Gasteiger partial charge in [-0.3, -0.25) is 14.4 Å². The molecule has 1 aromatic rings. The zero-order chi connectivity index (χ0) is 17.2. The lowest BCUT2D eigenvalue weighted by Crippen LogP contribution is -2.49. The Morgan fingerprint density at radius 1 is 1.13 bits per heavy atom. The third-order valence-electron chi connectivity index (χ3n) is 3.67. The summed E-state index contributed by atoms with van der Waals surface area (Å²) >= 11 is 0. The Bertz CT molecular complexity index is 531. The topological polar surface area (TPSA) is 101 Å². The molecule has 126 valence electrons. The molecule has 0 aromatic heterocycles. The van der Waals surface area contributed by atoms with E-state index in [0.717, 1.165) is 5.56 Å². The fourth-order valence-corrected chi connectivity index (χ4v) is 2.31. The van der Waals surface area contributed by atoms with Crippen molar-refractivity contribution >= 4 is 17.6 Å². The number of nitrogens with two attached hydrogens (primary N) is 1. The van der Waals surface area contributed by atoms with Crippen molar-refractivity contribution in [3.8, 4) is 0 Å². The number of primary amides is 1. The molecule has 0 fully saturated rings. The second kappa shape index (κ2) is 9.74. The molecule has 0 aliphatic rings. The van der Waals surface area contributed by atoms with E-state index < -0.39 is 12.1 Å². The van der Waals surface area contributed by atoms with E-state index in [0.29, 0.717) is 19.3 Å². The lowest BCUT2D eigenvalue weighted by molar-refractivity contribution is -0.128. The van der Waals surface area contributed by atoms with E-state index in [-0.39, 0.29) is 24.0 Å². The van der Waals surface area contributed by atoms with Gasteiger partial charge >= 0.3 is 0 Å². The zero-order valence-corrected chi connectivity index (χ0v) is 13.7. The van der Waals surface area contributed by atoms with Crippen LogP contribution in [-0.4, -0.2) is 36.7 Å². The van der Waals surface area contributed by atoms with Gasteiger partial charge in [0, 0.05) is 6.42 Å². The van der Waals surface area contributed by atoms with Gasteiger partial charge in [-0.2, -0.15) is 0 Å². The van der Waals surface area contributed by atoms with Crippen molar-refractivity contribution < 1.29 is 14.4 Å². The highest BCUT2D eigenvalue weighted by molar-refractivity contribution is 5.89. The second-order valence-electron chi connectivity index (χ2n) is 5.56. The summed E-state index contributed by atoms with van der Waals surface area (Å²) in [6, 6.07) is 8.53. The maximum atomic E-state index is 12.3. The number of hydrogen-bond acceptors (Lipinski definition) is 4. The van der Waals surface area contributed by atoms with Crippen LogP contribution in [0.1, 0.15) is 31.7 Å². The summed E-state index contributed by atoms with van der Waals surface area (Å²) in [4.78, 5) is 34.9. The normalized spacial score (nSPS) is 13.1.